The second-order valence-corrected chi connectivity index (χ2v) is 4.81. The van der Waals surface area contributed by atoms with Crippen molar-refractivity contribution in [1.82, 2.24) is 10.4 Å². The van der Waals surface area contributed by atoms with Gasteiger partial charge in [0.15, 0.2) is 0 Å². The van der Waals surface area contributed by atoms with Crippen molar-refractivity contribution in [3.05, 3.63) is 78.0 Å². The van der Waals surface area contributed by atoms with Crippen LogP contribution >= 0.6 is 0 Å². The van der Waals surface area contributed by atoms with E-state index in [1.165, 1.54) is 0 Å². The summed E-state index contributed by atoms with van der Waals surface area (Å²) in [4.78, 5) is 4.42. The van der Waals surface area contributed by atoms with Gasteiger partial charge in [-0.1, -0.05) is 54.6 Å². The van der Waals surface area contributed by atoms with Gasteiger partial charge in [0, 0.05) is 29.8 Å². The average Bonchev–Trinajstić information content (AvgIpc) is 2.59. The van der Waals surface area contributed by atoms with Crippen molar-refractivity contribution in [2.45, 2.75) is 0 Å². The average molecular weight is 288 g/mol. The number of para-hydroxylation sites is 1. The molecule has 4 heteroatoms. The molecule has 0 spiro atoms. The molecule has 4 nitrogen and oxygen atoms in total. The first kappa shape index (κ1) is 13.9. The van der Waals surface area contributed by atoms with Crippen molar-refractivity contribution >= 4 is 22.3 Å². The van der Waals surface area contributed by atoms with E-state index >= 15 is 0 Å². The first-order chi connectivity index (χ1) is 10.8. The van der Waals surface area contributed by atoms with Gasteiger partial charge in [-0.15, -0.1) is 0 Å². The third-order valence-corrected chi connectivity index (χ3v) is 3.41. The zero-order valence-electron chi connectivity index (χ0n) is 12.2. The molecular weight excluding hydrogens is 272 g/mol. The maximum Gasteiger partial charge on any atom is 0.116 e. The van der Waals surface area contributed by atoms with Gasteiger partial charge in [0.05, 0.1) is 11.2 Å². The summed E-state index contributed by atoms with van der Waals surface area (Å²) in [5.74, 6) is 0. The topological polar surface area (TPSA) is 61.1 Å². The summed E-state index contributed by atoms with van der Waals surface area (Å²) >= 11 is 0. The third-order valence-electron chi connectivity index (χ3n) is 3.41. The van der Waals surface area contributed by atoms with Crippen LogP contribution in [0.3, 0.4) is 0 Å². The quantitative estimate of drug-likeness (QED) is 0.572. The van der Waals surface area contributed by atoms with E-state index in [1.54, 1.807) is 13.2 Å². The van der Waals surface area contributed by atoms with Gasteiger partial charge in [-0.2, -0.15) is 5.10 Å². The number of hydrogen-bond acceptors (Lipinski definition) is 4. The molecule has 1 heterocycles. The second kappa shape index (κ2) is 6.18. The maximum atomic E-state index is 8.60. The normalized spacial score (nSPS) is 11.4. The molecule has 0 aliphatic heterocycles. The Kier molecular flexibility index (Phi) is 3.92. The summed E-state index contributed by atoms with van der Waals surface area (Å²) in [5, 5.41) is 13.9. The van der Waals surface area contributed by atoms with Gasteiger partial charge in [0.2, 0.25) is 0 Å². The third kappa shape index (κ3) is 2.59. The molecule has 3 rings (SSSR count). The Morgan fingerprint density at radius 1 is 1.00 bits per heavy atom. The van der Waals surface area contributed by atoms with E-state index in [2.05, 4.69) is 15.5 Å². The molecule has 0 saturated carbocycles. The van der Waals surface area contributed by atoms with Crippen molar-refractivity contribution in [2.24, 2.45) is 5.10 Å². The minimum absolute atomic E-state index is 0.352. The number of aromatic nitrogens is 1. The lowest BCUT2D eigenvalue weighted by Crippen LogP contribution is -2.19. The number of pyridine rings is 1. The first-order valence-electron chi connectivity index (χ1n) is 7.04. The van der Waals surface area contributed by atoms with Crippen molar-refractivity contribution in [1.29, 1.82) is 5.41 Å². The SMILES string of the molecule is CN/N=C(\C(=N)c1cccc2cccnc12)c1ccccc1. The molecule has 0 radical (unpaired) electrons. The lowest BCUT2D eigenvalue weighted by atomic mass is 9.98. The molecule has 0 fully saturated rings. The number of nitrogens with one attached hydrogen (secondary N) is 2. The summed E-state index contributed by atoms with van der Waals surface area (Å²) in [6, 6.07) is 19.5. The van der Waals surface area contributed by atoms with Crippen LogP contribution in [0.15, 0.2) is 72.0 Å². The molecule has 22 heavy (non-hydrogen) atoms. The fraction of sp³-hybridized carbons (Fsp3) is 0.0556. The summed E-state index contributed by atoms with van der Waals surface area (Å²) in [6.07, 6.45) is 1.75. The molecule has 2 N–H and O–H groups in total. The Labute approximate surface area is 129 Å². The molecule has 0 aliphatic rings. The molecule has 108 valence electrons. The zero-order valence-corrected chi connectivity index (χ0v) is 12.2. The van der Waals surface area contributed by atoms with Gasteiger partial charge in [-0.05, 0) is 6.07 Å². The van der Waals surface area contributed by atoms with E-state index in [4.69, 9.17) is 5.41 Å². The van der Waals surface area contributed by atoms with E-state index in [0.717, 1.165) is 22.0 Å². The fourth-order valence-corrected chi connectivity index (χ4v) is 2.41. The number of rotatable bonds is 4. The van der Waals surface area contributed by atoms with Crippen LogP contribution < -0.4 is 5.43 Å². The number of nitrogens with zero attached hydrogens (tertiary/aromatic N) is 2. The smallest absolute Gasteiger partial charge is 0.116 e. The lowest BCUT2D eigenvalue weighted by Gasteiger charge is -2.10. The Balaban J connectivity index is 2.13. The number of fused-ring (bicyclic) bond motifs is 1. The maximum absolute atomic E-state index is 8.60. The molecule has 2 aromatic carbocycles. The van der Waals surface area contributed by atoms with Gasteiger partial charge in [0.1, 0.15) is 5.71 Å². The minimum Gasteiger partial charge on any atom is -0.312 e. The summed E-state index contributed by atoms with van der Waals surface area (Å²) < 4.78 is 0. The highest BCUT2D eigenvalue weighted by molar-refractivity contribution is 6.53. The van der Waals surface area contributed by atoms with Gasteiger partial charge in [-0.25, -0.2) is 0 Å². The lowest BCUT2D eigenvalue weighted by molar-refractivity contribution is 0.904. The molecule has 0 unspecified atom stereocenters. The highest BCUT2D eigenvalue weighted by Crippen LogP contribution is 2.18. The molecule has 1 aromatic heterocycles. The zero-order chi connectivity index (χ0) is 15.4. The molecule has 0 amide bonds. The van der Waals surface area contributed by atoms with Crippen LogP contribution in [0.25, 0.3) is 10.9 Å². The van der Waals surface area contributed by atoms with Crippen LogP contribution in [0, 0.1) is 5.41 Å². The van der Waals surface area contributed by atoms with Crippen LogP contribution in [-0.2, 0) is 0 Å². The van der Waals surface area contributed by atoms with Crippen molar-refractivity contribution < 1.29 is 0 Å². The van der Waals surface area contributed by atoms with Crippen LogP contribution in [0.2, 0.25) is 0 Å². The van der Waals surface area contributed by atoms with Gasteiger partial charge >= 0.3 is 0 Å². The van der Waals surface area contributed by atoms with Gasteiger partial charge in [-0.3, -0.25) is 10.4 Å². The summed E-state index contributed by atoms with van der Waals surface area (Å²) in [5.41, 5.74) is 6.23. The minimum atomic E-state index is 0.352. The Morgan fingerprint density at radius 2 is 1.77 bits per heavy atom. The summed E-state index contributed by atoms with van der Waals surface area (Å²) in [6.45, 7) is 0. The Bertz CT molecular complexity index is 833. The Morgan fingerprint density at radius 3 is 2.55 bits per heavy atom. The van der Waals surface area contributed by atoms with Crippen LogP contribution in [0.5, 0.6) is 0 Å². The van der Waals surface area contributed by atoms with Gasteiger partial charge in [0.25, 0.3) is 0 Å². The molecule has 3 aromatic rings. The molecule has 0 bridgehead atoms. The van der Waals surface area contributed by atoms with E-state index < -0.39 is 0 Å². The van der Waals surface area contributed by atoms with Crippen LogP contribution in [-0.4, -0.2) is 23.5 Å². The molecule has 0 atom stereocenters. The highest BCUT2D eigenvalue weighted by atomic mass is 15.3. The number of hydrazone groups is 1. The van der Waals surface area contributed by atoms with Crippen LogP contribution in [0.4, 0.5) is 0 Å². The largest absolute Gasteiger partial charge is 0.312 e. The predicted octanol–water partition coefficient (Wildman–Crippen LogP) is 3.23. The molecular formula is C18H16N4. The van der Waals surface area contributed by atoms with Crippen molar-refractivity contribution in [2.75, 3.05) is 7.05 Å². The van der Waals surface area contributed by atoms with Crippen molar-refractivity contribution in [3.8, 4) is 0 Å². The van der Waals surface area contributed by atoms with Crippen molar-refractivity contribution in [3.63, 3.8) is 0 Å². The van der Waals surface area contributed by atoms with E-state index in [9.17, 15) is 0 Å². The monoisotopic (exact) mass is 288 g/mol. The van der Waals surface area contributed by atoms with Gasteiger partial charge < -0.3 is 5.43 Å². The molecule has 0 saturated heterocycles. The second-order valence-electron chi connectivity index (χ2n) is 4.81. The fourth-order valence-electron chi connectivity index (χ4n) is 2.41. The predicted molar refractivity (Wildman–Crippen MR) is 90.6 cm³/mol. The van der Waals surface area contributed by atoms with E-state index in [0.29, 0.717) is 11.4 Å². The number of hydrogen-bond donors (Lipinski definition) is 2. The molecule has 0 aliphatic carbocycles. The van der Waals surface area contributed by atoms with E-state index in [-0.39, 0.29) is 0 Å². The van der Waals surface area contributed by atoms with E-state index in [1.807, 2.05) is 60.7 Å². The number of benzene rings is 2. The first-order valence-corrected chi connectivity index (χ1v) is 7.04. The summed E-state index contributed by atoms with van der Waals surface area (Å²) in [7, 11) is 1.73. The Hall–Kier alpha value is -3.01. The standard InChI is InChI=1S/C18H16N4/c1-20-22-18(14-7-3-2-4-8-14)16(19)15-11-5-9-13-10-6-12-21-17(13)15/h2-12,19-20H,1H3/b19-16?,22-18-. The van der Waals surface area contributed by atoms with Crippen LogP contribution in [0.1, 0.15) is 11.1 Å². The highest BCUT2D eigenvalue weighted by Gasteiger charge is 2.15.